The number of rotatable bonds is 4. The summed E-state index contributed by atoms with van der Waals surface area (Å²) in [5.41, 5.74) is 3.46. The Hall–Kier alpha value is -1.84. The zero-order valence-corrected chi connectivity index (χ0v) is 13.9. The molecule has 3 rings (SSSR count). The van der Waals surface area contributed by atoms with Gasteiger partial charge in [-0.15, -0.1) is 0 Å². The third-order valence-corrected chi connectivity index (χ3v) is 4.54. The van der Waals surface area contributed by atoms with Crippen LogP contribution < -0.4 is 0 Å². The molecule has 1 aliphatic rings. The molecular weight excluding hydrogens is 286 g/mol. The van der Waals surface area contributed by atoms with E-state index in [1.165, 1.54) is 11.1 Å². The van der Waals surface area contributed by atoms with Crippen molar-refractivity contribution in [2.45, 2.75) is 25.8 Å². The highest BCUT2D eigenvalue weighted by Gasteiger charge is 2.26. The molecule has 1 unspecified atom stereocenters. The lowest BCUT2D eigenvalue weighted by molar-refractivity contribution is 0.0235. The van der Waals surface area contributed by atoms with Gasteiger partial charge in [-0.25, -0.2) is 0 Å². The van der Waals surface area contributed by atoms with Crippen molar-refractivity contribution in [3.05, 3.63) is 65.2 Å². The van der Waals surface area contributed by atoms with Crippen LogP contribution in [0.4, 0.5) is 0 Å². The molecule has 1 heterocycles. The Bertz CT molecular complexity index is 633. The number of ether oxygens (including phenoxy) is 1. The zero-order valence-electron chi connectivity index (χ0n) is 13.9. The summed E-state index contributed by atoms with van der Waals surface area (Å²) in [6.07, 6.45) is 0. The Morgan fingerprint density at radius 3 is 2.30 bits per heavy atom. The summed E-state index contributed by atoms with van der Waals surface area (Å²) in [4.78, 5) is 2.40. The van der Waals surface area contributed by atoms with Gasteiger partial charge in [-0.05, 0) is 29.2 Å². The fourth-order valence-electron chi connectivity index (χ4n) is 3.21. The van der Waals surface area contributed by atoms with Crippen molar-refractivity contribution >= 4 is 0 Å². The topological polar surface area (TPSA) is 32.7 Å². The molecule has 2 aromatic carbocycles. The highest BCUT2D eigenvalue weighted by atomic mass is 16.5. The number of phenols is 1. The van der Waals surface area contributed by atoms with Crippen LogP contribution in [0.25, 0.3) is 0 Å². The first-order chi connectivity index (χ1) is 11.2. The van der Waals surface area contributed by atoms with Gasteiger partial charge in [0, 0.05) is 18.7 Å². The molecule has 0 spiro atoms. The Labute approximate surface area is 138 Å². The lowest BCUT2D eigenvalue weighted by Gasteiger charge is -2.35. The van der Waals surface area contributed by atoms with Crippen molar-refractivity contribution in [3.8, 4) is 5.75 Å². The van der Waals surface area contributed by atoms with Crippen LogP contribution in [0.5, 0.6) is 5.75 Å². The average Bonchev–Trinajstić information content (AvgIpc) is 2.58. The first-order valence-corrected chi connectivity index (χ1v) is 8.36. The standard InChI is InChI=1S/C20H25NO2/c1-15(2)17-8-9-19(22)18(14-17)20(16-6-4-3-5-7-16)21-10-12-23-13-11-21/h3-9,14-15,20,22H,10-13H2,1-2H3. The largest absolute Gasteiger partial charge is 0.508 e. The molecule has 0 amide bonds. The van der Waals surface area contributed by atoms with E-state index in [0.717, 1.165) is 31.9 Å². The molecule has 1 fully saturated rings. The van der Waals surface area contributed by atoms with Crippen LogP contribution in [0, 0.1) is 0 Å². The first kappa shape index (κ1) is 16.0. The summed E-state index contributed by atoms with van der Waals surface area (Å²) in [6.45, 7) is 7.61. The number of nitrogens with zero attached hydrogens (tertiary/aromatic N) is 1. The van der Waals surface area contributed by atoms with E-state index in [9.17, 15) is 5.11 Å². The van der Waals surface area contributed by atoms with Gasteiger partial charge in [-0.1, -0.05) is 50.2 Å². The predicted molar refractivity (Wildman–Crippen MR) is 92.9 cm³/mol. The molecule has 1 atom stereocenters. The van der Waals surface area contributed by atoms with Gasteiger partial charge >= 0.3 is 0 Å². The van der Waals surface area contributed by atoms with E-state index in [0.29, 0.717) is 11.7 Å². The van der Waals surface area contributed by atoms with Gasteiger partial charge in [0.25, 0.3) is 0 Å². The van der Waals surface area contributed by atoms with E-state index in [1.54, 1.807) is 0 Å². The second kappa shape index (κ2) is 7.16. The van der Waals surface area contributed by atoms with E-state index in [1.807, 2.05) is 18.2 Å². The van der Waals surface area contributed by atoms with Crippen LogP contribution in [-0.2, 0) is 4.74 Å². The number of phenolic OH excluding ortho intramolecular Hbond substituents is 1. The van der Waals surface area contributed by atoms with E-state index in [-0.39, 0.29) is 6.04 Å². The molecule has 3 nitrogen and oxygen atoms in total. The fraction of sp³-hybridized carbons (Fsp3) is 0.400. The summed E-state index contributed by atoms with van der Waals surface area (Å²) in [5.74, 6) is 0.810. The van der Waals surface area contributed by atoms with Crippen LogP contribution >= 0.6 is 0 Å². The molecule has 1 N–H and O–H groups in total. The fourth-order valence-corrected chi connectivity index (χ4v) is 3.21. The van der Waals surface area contributed by atoms with Crippen molar-refractivity contribution in [1.82, 2.24) is 4.90 Å². The van der Waals surface area contributed by atoms with E-state index in [4.69, 9.17) is 4.74 Å². The van der Waals surface area contributed by atoms with Crippen LogP contribution in [0.2, 0.25) is 0 Å². The summed E-state index contributed by atoms with van der Waals surface area (Å²) in [6, 6.07) is 16.5. The van der Waals surface area contributed by atoms with E-state index in [2.05, 4.69) is 49.1 Å². The van der Waals surface area contributed by atoms with Gasteiger partial charge < -0.3 is 9.84 Å². The van der Waals surface area contributed by atoms with Gasteiger partial charge in [0.15, 0.2) is 0 Å². The summed E-state index contributed by atoms with van der Waals surface area (Å²) >= 11 is 0. The van der Waals surface area contributed by atoms with Crippen LogP contribution in [0.15, 0.2) is 48.5 Å². The Morgan fingerprint density at radius 1 is 0.957 bits per heavy atom. The van der Waals surface area contributed by atoms with E-state index >= 15 is 0 Å². The molecule has 0 aliphatic carbocycles. The minimum absolute atomic E-state index is 0.0683. The number of hydrogen-bond donors (Lipinski definition) is 1. The highest BCUT2D eigenvalue weighted by molar-refractivity contribution is 5.44. The minimum Gasteiger partial charge on any atom is -0.508 e. The maximum absolute atomic E-state index is 10.5. The van der Waals surface area contributed by atoms with Gasteiger partial charge in [-0.3, -0.25) is 4.90 Å². The van der Waals surface area contributed by atoms with Gasteiger partial charge in [0.2, 0.25) is 0 Å². The van der Waals surface area contributed by atoms with Crippen LogP contribution in [-0.4, -0.2) is 36.3 Å². The van der Waals surface area contributed by atoms with Crippen molar-refractivity contribution in [3.63, 3.8) is 0 Å². The zero-order chi connectivity index (χ0) is 16.2. The lowest BCUT2D eigenvalue weighted by Crippen LogP contribution is -2.39. The quantitative estimate of drug-likeness (QED) is 0.928. The maximum atomic E-state index is 10.5. The number of morpholine rings is 1. The van der Waals surface area contributed by atoms with Crippen LogP contribution in [0.1, 0.15) is 42.5 Å². The molecule has 0 aromatic heterocycles. The number of aromatic hydroxyl groups is 1. The Morgan fingerprint density at radius 2 is 1.65 bits per heavy atom. The van der Waals surface area contributed by atoms with Gasteiger partial charge in [0.1, 0.15) is 5.75 Å². The molecule has 0 bridgehead atoms. The molecule has 3 heteroatoms. The smallest absolute Gasteiger partial charge is 0.120 e. The third-order valence-electron chi connectivity index (χ3n) is 4.54. The van der Waals surface area contributed by atoms with E-state index < -0.39 is 0 Å². The molecule has 0 saturated carbocycles. The molecule has 23 heavy (non-hydrogen) atoms. The molecule has 1 saturated heterocycles. The number of hydrogen-bond acceptors (Lipinski definition) is 3. The summed E-state index contributed by atoms with van der Waals surface area (Å²) < 4.78 is 5.51. The number of benzene rings is 2. The molecular formula is C20H25NO2. The molecule has 0 radical (unpaired) electrons. The minimum atomic E-state index is 0.0683. The van der Waals surface area contributed by atoms with Gasteiger partial charge in [-0.2, -0.15) is 0 Å². The lowest BCUT2D eigenvalue weighted by atomic mass is 9.92. The van der Waals surface area contributed by atoms with Crippen LogP contribution in [0.3, 0.4) is 0 Å². The highest BCUT2D eigenvalue weighted by Crippen LogP contribution is 2.36. The SMILES string of the molecule is CC(C)c1ccc(O)c(C(c2ccccc2)N2CCOCC2)c1. The van der Waals surface area contributed by atoms with Crippen molar-refractivity contribution < 1.29 is 9.84 Å². The molecule has 1 aliphatic heterocycles. The molecule has 2 aromatic rings. The monoisotopic (exact) mass is 311 g/mol. The second-order valence-corrected chi connectivity index (χ2v) is 6.43. The predicted octanol–water partition coefficient (Wildman–Crippen LogP) is 3.94. The van der Waals surface area contributed by atoms with Crippen molar-refractivity contribution in [2.75, 3.05) is 26.3 Å². The van der Waals surface area contributed by atoms with Crippen molar-refractivity contribution in [1.29, 1.82) is 0 Å². The summed E-state index contributed by atoms with van der Waals surface area (Å²) in [5, 5.41) is 10.5. The normalized spacial score (nSPS) is 17.3. The molecule has 122 valence electrons. The maximum Gasteiger partial charge on any atom is 0.120 e. The Kier molecular flexibility index (Phi) is 4.99. The third kappa shape index (κ3) is 3.57. The Balaban J connectivity index is 2.06. The van der Waals surface area contributed by atoms with Crippen molar-refractivity contribution in [2.24, 2.45) is 0 Å². The second-order valence-electron chi connectivity index (χ2n) is 6.43. The van der Waals surface area contributed by atoms with Gasteiger partial charge in [0.05, 0.1) is 19.3 Å². The average molecular weight is 311 g/mol. The summed E-state index contributed by atoms with van der Waals surface area (Å²) in [7, 11) is 0. The first-order valence-electron chi connectivity index (χ1n) is 8.36.